The number of aromatic nitrogens is 4. The topological polar surface area (TPSA) is 43.1 Å². The van der Waals surface area contributed by atoms with Gasteiger partial charge in [0.05, 0.1) is 12.4 Å². The molecule has 5 heteroatoms. The standard InChI is InChI=1S/C11H7N4.C2H6.CH3.Y/c1-2-4-9(5-3-1)10-8-13-11-12-6-7-14-15(10)11;1-2;;/h1-2,4-8H;1-2H3;1H3;/q-1;;-1;. The van der Waals surface area contributed by atoms with Crippen molar-refractivity contribution >= 4 is 5.78 Å². The smallest absolute Gasteiger partial charge is 0.250 e. The van der Waals surface area contributed by atoms with Crippen LogP contribution < -0.4 is 0 Å². The van der Waals surface area contributed by atoms with Crippen LogP contribution in [0.15, 0.2) is 42.9 Å². The Hall–Kier alpha value is -1.13. The van der Waals surface area contributed by atoms with Crippen LogP contribution in [0.1, 0.15) is 13.8 Å². The Morgan fingerprint density at radius 3 is 2.63 bits per heavy atom. The van der Waals surface area contributed by atoms with E-state index in [1.807, 2.05) is 38.1 Å². The van der Waals surface area contributed by atoms with Crippen LogP contribution in [-0.2, 0) is 32.7 Å². The second-order valence-corrected chi connectivity index (χ2v) is 3.09. The second-order valence-electron chi connectivity index (χ2n) is 3.09. The molecule has 0 saturated heterocycles. The van der Waals surface area contributed by atoms with E-state index in [9.17, 15) is 0 Å². The second kappa shape index (κ2) is 8.89. The van der Waals surface area contributed by atoms with Crippen molar-refractivity contribution in [2.45, 2.75) is 13.8 Å². The maximum Gasteiger partial charge on any atom is 0.250 e. The summed E-state index contributed by atoms with van der Waals surface area (Å²) in [6.07, 6.45) is 5.03. The van der Waals surface area contributed by atoms with Gasteiger partial charge in [0.15, 0.2) is 0 Å². The van der Waals surface area contributed by atoms with Crippen molar-refractivity contribution in [3.8, 4) is 11.3 Å². The van der Waals surface area contributed by atoms with Gasteiger partial charge >= 0.3 is 0 Å². The number of imidazole rings is 1. The molecule has 2 heterocycles. The molecule has 3 aromatic rings. The zero-order chi connectivity index (χ0) is 12.1. The summed E-state index contributed by atoms with van der Waals surface area (Å²) in [4.78, 5) is 8.28. The van der Waals surface area contributed by atoms with Crippen molar-refractivity contribution in [1.29, 1.82) is 0 Å². The van der Waals surface area contributed by atoms with Crippen LogP contribution in [0.3, 0.4) is 0 Å². The molecule has 0 unspecified atom stereocenters. The zero-order valence-electron chi connectivity index (χ0n) is 11.4. The molecule has 0 fully saturated rings. The fourth-order valence-corrected chi connectivity index (χ4v) is 1.48. The predicted octanol–water partition coefficient (Wildman–Crippen LogP) is 3.07. The summed E-state index contributed by atoms with van der Waals surface area (Å²) in [5.41, 5.74) is 1.96. The van der Waals surface area contributed by atoms with Crippen molar-refractivity contribution in [3.05, 3.63) is 56.3 Å². The molecule has 0 atom stereocenters. The van der Waals surface area contributed by atoms with E-state index in [1.165, 1.54) is 0 Å². The first-order valence-corrected chi connectivity index (χ1v) is 5.56. The largest absolute Gasteiger partial charge is 0.358 e. The summed E-state index contributed by atoms with van der Waals surface area (Å²) >= 11 is 0. The van der Waals surface area contributed by atoms with E-state index in [1.54, 1.807) is 23.1 Å². The van der Waals surface area contributed by atoms with Crippen LogP contribution in [0.4, 0.5) is 0 Å². The summed E-state index contributed by atoms with van der Waals surface area (Å²) in [5, 5.41) is 4.20. The summed E-state index contributed by atoms with van der Waals surface area (Å²) in [7, 11) is 0. The van der Waals surface area contributed by atoms with E-state index in [0.29, 0.717) is 5.78 Å². The molecule has 0 N–H and O–H groups in total. The van der Waals surface area contributed by atoms with Gasteiger partial charge in [-0.25, -0.2) is 14.5 Å². The summed E-state index contributed by atoms with van der Waals surface area (Å²) in [6.45, 7) is 4.00. The molecular formula is C14H16N4Y-2. The third-order valence-corrected chi connectivity index (χ3v) is 2.16. The minimum atomic E-state index is 0. The third-order valence-electron chi connectivity index (χ3n) is 2.16. The van der Waals surface area contributed by atoms with Gasteiger partial charge in [-0.15, -0.1) is 5.56 Å². The fraction of sp³-hybridized carbons (Fsp3) is 0.143. The maximum atomic E-state index is 4.20. The number of benzene rings is 1. The molecule has 0 saturated carbocycles. The monoisotopic (exact) mass is 329 g/mol. The molecule has 3 rings (SSSR count). The normalized spacial score (nSPS) is 8.74. The van der Waals surface area contributed by atoms with E-state index in [4.69, 9.17) is 0 Å². The molecule has 19 heavy (non-hydrogen) atoms. The molecule has 1 radical (unpaired) electrons. The van der Waals surface area contributed by atoms with Crippen molar-refractivity contribution in [2.75, 3.05) is 0 Å². The van der Waals surface area contributed by atoms with Crippen molar-refractivity contribution in [3.63, 3.8) is 0 Å². The van der Waals surface area contributed by atoms with Crippen LogP contribution in [0.5, 0.6) is 0 Å². The van der Waals surface area contributed by atoms with E-state index < -0.39 is 0 Å². The molecular weight excluding hydrogens is 313 g/mol. The molecule has 2 aromatic heterocycles. The molecule has 97 valence electrons. The fourth-order valence-electron chi connectivity index (χ4n) is 1.48. The van der Waals surface area contributed by atoms with Crippen molar-refractivity contribution in [2.24, 2.45) is 0 Å². The van der Waals surface area contributed by atoms with Crippen LogP contribution in [-0.4, -0.2) is 19.6 Å². The minimum Gasteiger partial charge on any atom is -0.358 e. The van der Waals surface area contributed by atoms with Gasteiger partial charge in [0.2, 0.25) is 5.78 Å². The summed E-state index contributed by atoms with van der Waals surface area (Å²) in [5.74, 6) is 0.608. The Bertz CT molecular complexity index is 592. The van der Waals surface area contributed by atoms with Gasteiger partial charge in [-0.1, -0.05) is 13.8 Å². The number of fused-ring (bicyclic) bond motifs is 1. The van der Waals surface area contributed by atoms with Gasteiger partial charge in [-0.3, -0.25) is 0 Å². The van der Waals surface area contributed by atoms with Crippen LogP contribution >= 0.6 is 0 Å². The third kappa shape index (κ3) is 3.92. The predicted molar refractivity (Wildman–Crippen MR) is 72.8 cm³/mol. The zero-order valence-corrected chi connectivity index (χ0v) is 14.2. The van der Waals surface area contributed by atoms with Crippen LogP contribution in [0.25, 0.3) is 17.0 Å². The van der Waals surface area contributed by atoms with E-state index >= 15 is 0 Å². The minimum absolute atomic E-state index is 0. The number of nitrogens with zero attached hydrogens (tertiary/aromatic N) is 4. The average molecular weight is 329 g/mol. The van der Waals surface area contributed by atoms with Gasteiger partial charge in [-0.05, 0) is 0 Å². The molecule has 1 aromatic carbocycles. The first kappa shape index (κ1) is 17.9. The van der Waals surface area contributed by atoms with Crippen molar-refractivity contribution < 1.29 is 32.7 Å². The van der Waals surface area contributed by atoms with Gasteiger partial charge in [-0.2, -0.15) is 35.4 Å². The Balaban J connectivity index is 0.000000776. The van der Waals surface area contributed by atoms with Gasteiger partial charge in [0.1, 0.15) is 0 Å². The summed E-state index contributed by atoms with van der Waals surface area (Å²) in [6, 6.07) is 10.7. The number of rotatable bonds is 1. The Labute approximate surface area is 139 Å². The molecule has 0 spiro atoms. The number of hydrogen-bond acceptors (Lipinski definition) is 3. The molecule has 0 aliphatic rings. The number of hydrogen-bond donors (Lipinski definition) is 0. The molecule has 0 bridgehead atoms. The first-order valence-electron chi connectivity index (χ1n) is 5.56. The van der Waals surface area contributed by atoms with E-state index in [0.717, 1.165) is 11.3 Å². The maximum absolute atomic E-state index is 4.20. The molecule has 0 amide bonds. The van der Waals surface area contributed by atoms with E-state index in [-0.39, 0.29) is 40.1 Å². The van der Waals surface area contributed by atoms with Gasteiger partial charge < -0.3 is 7.43 Å². The van der Waals surface area contributed by atoms with Crippen LogP contribution in [0, 0.1) is 13.5 Å². The van der Waals surface area contributed by atoms with E-state index in [2.05, 4.69) is 21.1 Å². The van der Waals surface area contributed by atoms with Crippen LogP contribution in [0.2, 0.25) is 0 Å². The molecule has 0 aliphatic heterocycles. The Morgan fingerprint density at radius 2 is 1.95 bits per heavy atom. The van der Waals surface area contributed by atoms with Crippen molar-refractivity contribution in [1.82, 2.24) is 19.6 Å². The molecule has 4 nitrogen and oxygen atoms in total. The Morgan fingerprint density at radius 1 is 1.16 bits per heavy atom. The van der Waals surface area contributed by atoms with Gasteiger partial charge in [0.25, 0.3) is 0 Å². The quantitative estimate of drug-likeness (QED) is 0.645. The Kier molecular flexibility index (Phi) is 8.36. The SMILES string of the molecule is CC.[CH3-].[Y].[c-]1cccc(-c2cnc3nccnn23)c1. The average Bonchev–Trinajstić information content (AvgIpc) is 2.86. The summed E-state index contributed by atoms with van der Waals surface area (Å²) < 4.78 is 1.71. The molecule has 0 aliphatic carbocycles. The first-order chi connectivity index (χ1) is 8.45. The van der Waals surface area contributed by atoms with Gasteiger partial charge in [0, 0.05) is 44.6 Å².